The Bertz CT molecular complexity index is 874. The van der Waals surface area contributed by atoms with Crippen molar-refractivity contribution >= 4 is 11.3 Å². The lowest BCUT2D eigenvalue weighted by molar-refractivity contribution is 0.340. The number of nitrogens with zero attached hydrogens (tertiary/aromatic N) is 5. The van der Waals surface area contributed by atoms with Crippen molar-refractivity contribution in [1.82, 2.24) is 23.7 Å². The summed E-state index contributed by atoms with van der Waals surface area (Å²) in [7, 11) is 2.17. The molecule has 0 saturated heterocycles. The van der Waals surface area contributed by atoms with Crippen LogP contribution in [0.5, 0.6) is 0 Å². The highest BCUT2D eigenvalue weighted by Crippen LogP contribution is 2.09. The first kappa shape index (κ1) is 14.9. The lowest BCUT2D eigenvalue weighted by Gasteiger charge is -2.16. The van der Waals surface area contributed by atoms with Crippen LogP contribution in [0.3, 0.4) is 0 Å². The van der Waals surface area contributed by atoms with Crippen molar-refractivity contribution in [2.45, 2.75) is 12.8 Å². The minimum Gasteiger partial charge on any atom is -0.306 e. The van der Waals surface area contributed by atoms with E-state index in [0.717, 1.165) is 37.2 Å². The van der Waals surface area contributed by atoms with Crippen molar-refractivity contribution < 1.29 is 0 Å². The SMILES string of the molecule is CN(CCc1cnc2ccccn12)CCc1cnc2ccccn12. The van der Waals surface area contributed by atoms with E-state index in [1.165, 1.54) is 11.4 Å². The molecule has 0 fully saturated rings. The van der Waals surface area contributed by atoms with Crippen molar-refractivity contribution in [3.05, 3.63) is 72.6 Å². The number of likely N-dealkylation sites (N-methyl/N-ethyl adjacent to an activating group) is 1. The first-order chi connectivity index (χ1) is 11.8. The maximum absolute atomic E-state index is 4.45. The van der Waals surface area contributed by atoms with Crippen LogP contribution in [-0.4, -0.2) is 43.8 Å². The molecule has 4 heterocycles. The summed E-state index contributed by atoms with van der Waals surface area (Å²) < 4.78 is 4.33. The Morgan fingerprint density at radius 3 is 1.79 bits per heavy atom. The fourth-order valence-electron chi connectivity index (χ4n) is 3.06. The standard InChI is InChI=1S/C19H21N5/c1-22(12-8-16-14-20-18-6-2-4-10-23(16)18)13-9-17-15-21-19-7-3-5-11-24(17)19/h2-7,10-11,14-15H,8-9,12-13H2,1H3. The van der Waals surface area contributed by atoms with Gasteiger partial charge in [-0.05, 0) is 31.3 Å². The highest BCUT2D eigenvalue weighted by Gasteiger charge is 2.07. The van der Waals surface area contributed by atoms with Crippen molar-refractivity contribution in [3.63, 3.8) is 0 Å². The minimum absolute atomic E-state index is 0.995. The zero-order chi connectivity index (χ0) is 16.4. The molecule has 4 aromatic heterocycles. The smallest absolute Gasteiger partial charge is 0.136 e. The molecule has 0 aliphatic rings. The molecule has 24 heavy (non-hydrogen) atoms. The van der Waals surface area contributed by atoms with Crippen molar-refractivity contribution in [2.24, 2.45) is 0 Å². The molecule has 0 unspecified atom stereocenters. The van der Waals surface area contributed by atoms with Gasteiger partial charge in [-0.15, -0.1) is 0 Å². The largest absolute Gasteiger partial charge is 0.306 e. The molecule has 5 heteroatoms. The van der Waals surface area contributed by atoms with Crippen LogP contribution in [0.15, 0.2) is 61.2 Å². The molecule has 4 aromatic rings. The van der Waals surface area contributed by atoms with Gasteiger partial charge in [0.1, 0.15) is 11.3 Å². The fraction of sp³-hybridized carbons (Fsp3) is 0.263. The first-order valence-corrected chi connectivity index (χ1v) is 8.32. The summed E-state index contributed by atoms with van der Waals surface area (Å²) in [6.07, 6.45) is 10.1. The third kappa shape index (κ3) is 2.90. The van der Waals surface area contributed by atoms with Crippen LogP contribution in [-0.2, 0) is 12.8 Å². The summed E-state index contributed by atoms with van der Waals surface area (Å²) in [4.78, 5) is 11.3. The predicted octanol–water partition coefficient (Wildman–Crippen LogP) is 2.70. The molecular weight excluding hydrogens is 298 g/mol. The Morgan fingerprint density at radius 1 is 0.792 bits per heavy atom. The van der Waals surface area contributed by atoms with Gasteiger partial charge in [-0.2, -0.15) is 0 Å². The molecule has 0 radical (unpaired) electrons. The van der Waals surface area contributed by atoms with Gasteiger partial charge in [0, 0.05) is 62.1 Å². The molecule has 0 aliphatic heterocycles. The summed E-state index contributed by atoms with van der Waals surface area (Å²) in [6, 6.07) is 12.2. The van der Waals surface area contributed by atoms with Crippen molar-refractivity contribution in [1.29, 1.82) is 0 Å². The van der Waals surface area contributed by atoms with Gasteiger partial charge in [-0.3, -0.25) is 0 Å². The average molecular weight is 319 g/mol. The van der Waals surface area contributed by atoms with E-state index in [9.17, 15) is 0 Å². The molecule has 0 N–H and O–H groups in total. The molecule has 4 rings (SSSR count). The lowest BCUT2D eigenvalue weighted by Crippen LogP contribution is -2.24. The minimum atomic E-state index is 0.995. The van der Waals surface area contributed by atoms with Gasteiger partial charge in [0.15, 0.2) is 0 Å². The van der Waals surface area contributed by atoms with E-state index >= 15 is 0 Å². The van der Waals surface area contributed by atoms with Gasteiger partial charge in [-0.25, -0.2) is 9.97 Å². The highest BCUT2D eigenvalue weighted by molar-refractivity contribution is 5.40. The topological polar surface area (TPSA) is 37.8 Å². The van der Waals surface area contributed by atoms with E-state index in [2.05, 4.69) is 43.1 Å². The molecule has 122 valence electrons. The maximum Gasteiger partial charge on any atom is 0.136 e. The predicted molar refractivity (Wildman–Crippen MR) is 95.3 cm³/mol. The van der Waals surface area contributed by atoms with Gasteiger partial charge >= 0.3 is 0 Å². The zero-order valence-corrected chi connectivity index (χ0v) is 13.8. The van der Waals surface area contributed by atoms with Crippen LogP contribution in [0.25, 0.3) is 11.3 Å². The van der Waals surface area contributed by atoms with Gasteiger partial charge in [0.2, 0.25) is 0 Å². The summed E-state index contributed by atoms with van der Waals surface area (Å²) in [5.74, 6) is 0. The second-order valence-corrected chi connectivity index (χ2v) is 6.16. The molecule has 0 spiro atoms. The van der Waals surface area contributed by atoms with Crippen LogP contribution >= 0.6 is 0 Å². The lowest BCUT2D eigenvalue weighted by atomic mass is 10.2. The Morgan fingerprint density at radius 2 is 1.29 bits per heavy atom. The average Bonchev–Trinajstić information content (AvgIpc) is 3.22. The summed E-state index contributed by atoms with van der Waals surface area (Å²) >= 11 is 0. The molecule has 0 aromatic carbocycles. The van der Waals surface area contributed by atoms with E-state index in [1.807, 2.05) is 48.8 Å². The molecule has 0 bridgehead atoms. The van der Waals surface area contributed by atoms with E-state index in [-0.39, 0.29) is 0 Å². The van der Waals surface area contributed by atoms with Gasteiger partial charge < -0.3 is 13.7 Å². The second kappa shape index (κ2) is 6.45. The Labute approximate surface area is 141 Å². The van der Waals surface area contributed by atoms with Crippen LogP contribution in [0, 0.1) is 0 Å². The van der Waals surface area contributed by atoms with Gasteiger partial charge in [0.05, 0.1) is 0 Å². The van der Waals surface area contributed by atoms with E-state index in [0.29, 0.717) is 0 Å². The van der Waals surface area contributed by atoms with Gasteiger partial charge in [-0.1, -0.05) is 12.1 Å². The normalized spacial score (nSPS) is 11.8. The molecule has 0 saturated carbocycles. The van der Waals surface area contributed by atoms with E-state index in [4.69, 9.17) is 0 Å². The van der Waals surface area contributed by atoms with Crippen LogP contribution in [0.4, 0.5) is 0 Å². The quantitative estimate of drug-likeness (QED) is 0.548. The highest BCUT2D eigenvalue weighted by atomic mass is 15.1. The number of rotatable bonds is 6. The molecule has 0 aliphatic carbocycles. The second-order valence-electron chi connectivity index (χ2n) is 6.16. The number of aromatic nitrogens is 4. The molecular formula is C19H21N5. The molecule has 0 atom stereocenters. The van der Waals surface area contributed by atoms with Crippen molar-refractivity contribution in [2.75, 3.05) is 20.1 Å². The van der Waals surface area contributed by atoms with Crippen molar-refractivity contribution in [3.8, 4) is 0 Å². The zero-order valence-electron chi connectivity index (χ0n) is 13.8. The third-order valence-corrected chi connectivity index (χ3v) is 4.49. The number of pyridine rings is 2. The first-order valence-electron chi connectivity index (χ1n) is 8.32. The monoisotopic (exact) mass is 319 g/mol. The van der Waals surface area contributed by atoms with E-state index < -0.39 is 0 Å². The summed E-state index contributed by atoms with van der Waals surface area (Å²) in [5, 5.41) is 0. The van der Waals surface area contributed by atoms with Crippen LogP contribution in [0.1, 0.15) is 11.4 Å². The number of hydrogen-bond acceptors (Lipinski definition) is 3. The third-order valence-electron chi connectivity index (χ3n) is 4.49. The number of hydrogen-bond donors (Lipinski definition) is 0. The molecule has 0 amide bonds. The number of imidazole rings is 2. The Balaban J connectivity index is 1.36. The van der Waals surface area contributed by atoms with E-state index in [1.54, 1.807) is 0 Å². The Hall–Kier alpha value is -2.66. The number of fused-ring (bicyclic) bond motifs is 2. The van der Waals surface area contributed by atoms with Gasteiger partial charge in [0.25, 0.3) is 0 Å². The summed E-state index contributed by atoms with van der Waals surface area (Å²) in [6.45, 7) is 2.03. The molecule has 5 nitrogen and oxygen atoms in total. The Kier molecular flexibility index (Phi) is 4.01. The summed E-state index contributed by atoms with van der Waals surface area (Å²) in [5.41, 5.74) is 4.54. The fourth-order valence-corrected chi connectivity index (χ4v) is 3.06. The van der Waals surface area contributed by atoms with Crippen LogP contribution < -0.4 is 0 Å². The van der Waals surface area contributed by atoms with Crippen LogP contribution in [0.2, 0.25) is 0 Å². The maximum atomic E-state index is 4.45.